The molecule has 1 fully saturated rings. The molecule has 0 N–H and O–H groups in total. The molecule has 2 heterocycles. The number of carbonyl (C=O) groups excluding carboxylic acids is 2. The number of esters is 1. The molecule has 2 aromatic rings. The van der Waals surface area contributed by atoms with E-state index in [9.17, 15) is 9.59 Å². The molecule has 0 radical (unpaired) electrons. The van der Waals surface area contributed by atoms with Crippen molar-refractivity contribution in [3.05, 3.63) is 47.2 Å². The normalized spacial score (nSPS) is 16.8. The van der Waals surface area contributed by atoms with Gasteiger partial charge in [-0.2, -0.15) is 0 Å². The summed E-state index contributed by atoms with van der Waals surface area (Å²) >= 11 is 5.76. The summed E-state index contributed by atoms with van der Waals surface area (Å²) in [5.41, 5.74) is 0.532. The fourth-order valence-corrected chi connectivity index (χ4v) is 2.84. The zero-order valence-corrected chi connectivity index (χ0v) is 15.0. The number of piperidine rings is 1. The highest BCUT2D eigenvalue weighted by Crippen LogP contribution is 2.19. The second-order valence-corrected chi connectivity index (χ2v) is 6.37. The second kappa shape index (κ2) is 8.14. The third-order valence-electron chi connectivity index (χ3n) is 3.90. The molecular formula is C18H18ClN3O4. The number of halogens is 1. The summed E-state index contributed by atoms with van der Waals surface area (Å²) < 4.78 is 10.7. The molecule has 1 unspecified atom stereocenters. The van der Waals surface area contributed by atoms with E-state index in [0.717, 1.165) is 12.8 Å². The molecule has 1 atom stereocenters. The van der Waals surface area contributed by atoms with Crippen LogP contribution < -0.4 is 9.47 Å². The highest BCUT2D eigenvalue weighted by atomic mass is 35.5. The van der Waals surface area contributed by atoms with Gasteiger partial charge in [0.1, 0.15) is 11.9 Å². The number of hydrogen-bond donors (Lipinski definition) is 0. The van der Waals surface area contributed by atoms with E-state index in [4.69, 9.17) is 21.1 Å². The van der Waals surface area contributed by atoms with Crippen molar-refractivity contribution in [2.75, 3.05) is 13.1 Å². The Labute approximate surface area is 155 Å². The Morgan fingerprint density at radius 1 is 1.19 bits per heavy atom. The number of amides is 1. The summed E-state index contributed by atoms with van der Waals surface area (Å²) in [6, 6.07) is 6.75. The lowest BCUT2D eigenvalue weighted by molar-refractivity contribution is -0.131. The minimum Gasteiger partial charge on any atom is -0.458 e. The van der Waals surface area contributed by atoms with Crippen molar-refractivity contribution < 1.29 is 19.1 Å². The van der Waals surface area contributed by atoms with E-state index >= 15 is 0 Å². The van der Waals surface area contributed by atoms with Gasteiger partial charge in [-0.3, -0.25) is 9.59 Å². The number of likely N-dealkylation sites (tertiary alicyclic amines) is 1. The first-order chi connectivity index (χ1) is 12.5. The molecule has 1 aliphatic heterocycles. The van der Waals surface area contributed by atoms with Gasteiger partial charge in [0.25, 0.3) is 5.91 Å². The van der Waals surface area contributed by atoms with Crippen LogP contribution in [0.3, 0.4) is 0 Å². The van der Waals surface area contributed by atoms with Gasteiger partial charge in [-0.1, -0.05) is 11.6 Å². The monoisotopic (exact) mass is 375 g/mol. The van der Waals surface area contributed by atoms with Crippen LogP contribution in [-0.2, 0) is 4.79 Å². The maximum Gasteiger partial charge on any atom is 0.316 e. The molecule has 1 saturated heterocycles. The number of carbonyl (C=O) groups is 2. The van der Waals surface area contributed by atoms with E-state index in [1.807, 2.05) is 0 Å². The predicted molar refractivity (Wildman–Crippen MR) is 94.3 cm³/mol. The van der Waals surface area contributed by atoms with E-state index in [1.54, 1.807) is 29.2 Å². The van der Waals surface area contributed by atoms with Crippen LogP contribution in [0, 0.1) is 0 Å². The van der Waals surface area contributed by atoms with E-state index in [2.05, 4.69) is 9.97 Å². The molecule has 8 heteroatoms. The summed E-state index contributed by atoms with van der Waals surface area (Å²) in [4.78, 5) is 33.4. The first kappa shape index (κ1) is 18.1. The maximum atomic E-state index is 12.7. The van der Waals surface area contributed by atoms with Crippen molar-refractivity contribution in [1.82, 2.24) is 14.9 Å². The van der Waals surface area contributed by atoms with Gasteiger partial charge in [-0.25, -0.2) is 9.97 Å². The molecule has 26 heavy (non-hydrogen) atoms. The molecule has 1 amide bonds. The third kappa shape index (κ3) is 4.70. The average Bonchev–Trinajstić information content (AvgIpc) is 2.63. The van der Waals surface area contributed by atoms with Crippen molar-refractivity contribution in [1.29, 1.82) is 0 Å². The number of hydrogen-bond acceptors (Lipinski definition) is 6. The van der Waals surface area contributed by atoms with Crippen LogP contribution in [-0.4, -0.2) is 45.9 Å². The number of benzene rings is 1. The zero-order valence-electron chi connectivity index (χ0n) is 14.2. The number of ether oxygens (including phenoxy) is 2. The predicted octanol–water partition coefficient (Wildman–Crippen LogP) is 2.74. The van der Waals surface area contributed by atoms with Crippen molar-refractivity contribution in [2.24, 2.45) is 0 Å². The standard InChI is InChI=1S/C18H18ClN3O4/c1-12(23)25-15-6-4-13(5-7-15)17(24)22-8-2-3-16(11-22)26-18-20-9-14(19)10-21-18/h4-7,9-10,16H,2-3,8,11H2,1H3. The number of nitrogens with zero attached hydrogens (tertiary/aromatic N) is 3. The fourth-order valence-electron chi connectivity index (χ4n) is 2.74. The van der Waals surface area contributed by atoms with Gasteiger partial charge in [0.05, 0.1) is 24.0 Å². The zero-order chi connectivity index (χ0) is 18.5. The first-order valence-corrected chi connectivity index (χ1v) is 8.61. The van der Waals surface area contributed by atoms with Gasteiger partial charge < -0.3 is 14.4 Å². The fraction of sp³-hybridized carbons (Fsp3) is 0.333. The molecule has 3 rings (SSSR count). The summed E-state index contributed by atoms with van der Waals surface area (Å²) in [6.45, 7) is 2.44. The Bertz CT molecular complexity index is 780. The Morgan fingerprint density at radius 2 is 1.88 bits per heavy atom. The van der Waals surface area contributed by atoms with E-state index < -0.39 is 5.97 Å². The van der Waals surface area contributed by atoms with E-state index in [0.29, 0.717) is 29.4 Å². The van der Waals surface area contributed by atoms with Crippen LogP contribution >= 0.6 is 11.6 Å². The topological polar surface area (TPSA) is 81.6 Å². The molecule has 1 aromatic carbocycles. The Kier molecular flexibility index (Phi) is 5.68. The molecule has 0 aliphatic carbocycles. The second-order valence-electron chi connectivity index (χ2n) is 5.94. The summed E-state index contributed by atoms with van der Waals surface area (Å²) in [5.74, 6) is -0.0805. The van der Waals surface area contributed by atoms with Gasteiger partial charge in [-0.05, 0) is 37.1 Å². The van der Waals surface area contributed by atoms with Gasteiger partial charge in [0.2, 0.25) is 0 Å². The number of aromatic nitrogens is 2. The molecule has 7 nitrogen and oxygen atoms in total. The Morgan fingerprint density at radius 3 is 2.54 bits per heavy atom. The molecule has 0 saturated carbocycles. The van der Waals surface area contributed by atoms with Gasteiger partial charge in [0.15, 0.2) is 0 Å². The molecule has 1 aromatic heterocycles. The largest absolute Gasteiger partial charge is 0.458 e. The van der Waals surface area contributed by atoms with E-state index in [-0.39, 0.29) is 18.0 Å². The smallest absolute Gasteiger partial charge is 0.316 e. The van der Waals surface area contributed by atoms with Crippen LogP contribution in [0.15, 0.2) is 36.7 Å². The quantitative estimate of drug-likeness (QED) is 0.603. The highest BCUT2D eigenvalue weighted by molar-refractivity contribution is 6.30. The third-order valence-corrected chi connectivity index (χ3v) is 4.09. The molecule has 0 bridgehead atoms. The minimum atomic E-state index is -0.399. The summed E-state index contributed by atoms with van der Waals surface area (Å²) in [6.07, 6.45) is 4.42. The van der Waals surface area contributed by atoms with E-state index in [1.165, 1.54) is 19.3 Å². The molecule has 1 aliphatic rings. The van der Waals surface area contributed by atoms with Crippen molar-refractivity contribution in [3.63, 3.8) is 0 Å². The highest BCUT2D eigenvalue weighted by Gasteiger charge is 2.26. The number of rotatable bonds is 4. The SMILES string of the molecule is CC(=O)Oc1ccc(C(=O)N2CCCC(Oc3ncc(Cl)cn3)C2)cc1. The maximum absolute atomic E-state index is 12.7. The average molecular weight is 376 g/mol. The summed E-state index contributed by atoms with van der Waals surface area (Å²) in [5, 5.41) is 0.440. The van der Waals surface area contributed by atoms with Gasteiger partial charge in [0, 0.05) is 19.0 Å². The van der Waals surface area contributed by atoms with Crippen molar-refractivity contribution in [2.45, 2.75) is 25.9 Å². The lowest BCUT2D eigenvalue weighted by Crippen LogP contribution is -2.44. The van der Waals surface area contributed by atoms with Crippen molar-refractivity contribution in [3.8, 4) is 11.8 Å². The van der Waals surface area contributed by atoms with Crippen LogP contribution in [0.25, 0.3) is 0 Å². The molecular weight excluding hydrogens is 358 g/mol. The Hall–Kier alpha value is -2.67. The van der Waals surface area contributed by atoms with Crippen molar-refractivity contribution >= 4 is 23.5 Å². The lowest BCUT2D eigenvalue weighted by atomic mass is 10.1. The van der Waals surface area contributed by atoms with Crippen LogP contribution in [0.2, 0.25) is 5.02 Å². The first-order valence-electron chi connectivity index (χ1n) is 8.23. The summed E-state index contributed by atoms with van der Waals surface area (Å²) in [7, 11) is 0. The Balaban J connectivity index is 1.62. The lowest BCUT2D eigenvalue weighted by Gasteiger charge is -2.32. The minimum absolute atomic E-state index is 0.0929. The molecule has 0 spiro atoms. The van der Waals surface area contributed by atoms with Gasteiger partial charge >= 0.3 is 12.0 Å². The van der Waals surface area contributed by atoms with Gasteiger partial charge in [-0.15, -0.1) is 0 Å². The van der Waals surface area contributed by atoms with Crippen LogP contribution in [0.1, 0.15) is 30.1 Å². The van der Waals surface area contributed by atoms with Crippen LogP contribution in [0.4, 0.5) is 0 Å². The van der Waals surface area contributed by atoms with Crippen LogP contribution in [0.5, 0.6) is 11.8 Å². The molecule has 136 valence electrons.